The molecule has 0 spiro atoms. The fourth-order valence-electron chi connectivity index (χ4n) is 2.31. The molecule has 1 aliphatic rings. The number of carbonyl (C=O) groups is 1. The number of sulfone groups is 1. The molecule has 0 saturated heterocycles. The molecule has 1 fully saturated rings. The van der Waals surface area contributed by atoms with Crippen LogP contribution in [-0.4, -0.2) is 25.7 Å². The number of amides is 1. The first-order valence-electron chi connectivity index (χ1n) is 7.42. The van der Waals surface area contributed by atoms with E-state index >= 15 is 0 Å². The Morgan fingerprint density at radius 2 is 1.96 bits per heavy atom. The van der Waals surface area contributed by atoms with Crippen LogP contribution in [-0.2, 0) is 9.84 Å². The van der Waals surface area contributed by atoms with Crippen LogP contribution in [0.3, 0.4) is 0 Å². The molecule has 0 bridgehead atoms. The van der Waals surface area contributed by atoms with Crippen molar-refractivity contribution in [3.05, 3.63) is 47.3 Å². The molecule has 1 aromatic heterocycles. The van der Waals surface area contributed by atoms with Gasteiger partial charge in [0.2, 0.25) is 0 Å². The molecule has 1 heterocycles. The average molecular weight is 334 g/mol. The lowest BCUT2D eigenvalue weighted by atomic mass is 10.1. The molecule has 2 aromatic rings. The van der Waals surface area contributed by atoms with Crippen LogP contribution in [0.1, 0.15) is 53.5 Å². The van der Waals surface area contributed by atoms with E-state index in [1.807, 2.05) is 6.92 Å². The van der Waals surface area contributed by atoms with Gasteiger partial charge < -0.3 is 9.84 Å². The van der Waals surface area contributed by atoms with Gasteiger partial charge in [0.25, 0.3) is 5.91 Å². The van der Waals surface area contributed by atoms with E-state index in [1.54, 1.807) is 18.2 Å². The number of nitrogens with one attached hydrogen (secondary N) is 1. The zero-order valence-electron chi connectivity index (χ0n) is 12.9. The van der Waals surface area contributed by atoms with Crippen molar-refractivity contribution in [3.63, 3.8) is 0 Å². The second-order valence-corrected chi connectivity index (χ2v) is 7.94. The van der Waals surface area contributed by atoms with E-state index in [0.717, 1.165) is 30.4 Å². The quantitative estimate of drug-likeness (QED) is 0.907. The molecule has 1 N–H and O–H groups in total. The van der Waals surface area contributed by atoms with Gasteiger partial charge >= 0.3 is 0 Å². The molecule has 7 heteroatoms. The second-order valence-electron chi connectivity index (χ2n) is 5.93. The van der Waals surface area contributed by atoms with Crippen LogP contribution in [0.15, 0.2) is 39.8 Å². The zero-order valence-corrected chi connectivity index (χ0v) is 13.8. The number of hydrogen-bond acceptors (Lipinski definition) is 5. The summed E-state index contributed by atoms with van der Waals surface area (Å²) < 4.78 is 28.1. The van der Waals surface area contributed by atoms with Crippen LogP contribution in [0.25, 0.3) is 0 Å². The maximum Gasteiger partial charge on any atom is 0.273 e. The Morgan fingerprint density at radius 3 is 2.52 bits per heavy atom. The Labute approximate surface area is 134 Å². The van der Waals surface area contributed by atoms with Gasteiger partial charge in [-0.25, -0.2) is 8.42 Å². The van der Waals surface area contributed by atoms with Crippen molar-refractivity contribution in [2.45, 2.75) is 36.6 Å². The summed E-state index contributed by atoms with van der Waals surface area (Å²) in [5, 5.41) is 6.64. The van der Waals surface area contributed by atoms with Crippen molar-refractivity contribution in [2.75, 3.05) is 6.26 Å². The fraction of sp³-hybridized carbons (Fsp3) is 0.375. The van der Waals surface area contributed by atoms with Gasteiger partial charge in [-0.3, -0.25) is 4.79 Å². The minimum atomic E-state index is -3.22. The minimum Gasteiger partial charge on any atom is -0.360 e. The lowest BCUT2D eigenvalue weighted by Crippen LogP contribution is -2.26. The summed E-state index contributed by atoms with van der Waals surface area (Å²) in [6, 6.07) is 7.88. The smallest absolute Gasteiger partial charge is 0.273 e. The molecule has 1 amide bonds. The largest absolute Gasteiger partial charge is 0.360 e. The second kappa shape index (κ2) is 5.81. The molecule has 1 atom stereocenters. The maximum atomic E-state index is 12.2. The molecule has 0 aliphatic heterocycles. The van der Waals surface area contributed by atoms with E-state index < -0.39 is 9.84 Å². The van der Waals surface area contributed by atoms with Crippen LogP contribution in [0.5, 0.6) is 0 Å². The third-order valence-corrected chi connectivity index (χ3v) is 5.03. The Bertz CT molecular complexity index is 820. The molecule has 1 unspecified atom stereocenters. The molecular weight excluding hydrogens is 316 g/mol. The highest BCUT2D eigenvalue weighted by molar-refractivity contribution is 7.90. The molecule has 1 aliphatic carbocycles. The maximum absolute atomic E-state index is 12.2. The molecule has 3 rings (SSSR count). The highest BCUT2D eigenvalue weighted by Gasteiger charge is 2.29. The van der Waals surface area contributed by atoms with Gasteiger partial charge in [0, 0.05) is 18.2 Å². The predicted molar refractivity (Wildman–Crippen MR) is 83.9 cm³/mol. The molecule has 1 aromatic carbocycles. The Balaban J connectivity index is 1.67. The van der Waals surface area contributed by atoms with Crippen LogP contribution in [0, 0.1) is 0 Å². The van der Waals surface area contributed by atoms with Crippen molar-refractivity contribution in [1.29, 1.82) is 0 Å². The topological polar surface area (TPSA) is 89.3 Å². The van der Waals surface area contributed by atoms with Crippen LogP contribution in [0.4, 0.5) is 0 Å². The fourth-order valence-corrected chi connectivity index (χ4v) is 2.94. The predicted octanol–water partition coefficient (Wildman–Crippen LogP) is 2.45. The summed E-state index contributed by atoms with van der Waals surface area (Å²) in [4.78, 5) is 12.4. The molecule has 1 saturated carbocycles. The monoisotopic (exact) mass is 334 g/mol. The van der Waals surface area contributed by atoms with E-state index in [0.29, 0.717) is 5.92 Å². The number of carbonyl (C=O) groups excluding carboxylic acids is 1. The lowest BCUT2D eigenvalue weighted by molar-refractivity contribution is 0.0930. The van der Waals surface area contributed by atoms with Gasteiger partial charge in [0.05, 0.1) is 10.9 Å². The number of nitrogens with zero attached hydrogens (tertiary/aromatic N) is 1. The van der Waals surface area contributed by atoms with E-state index in [2.05, 4.69) is 10.5 Å². The highest BCUT2D eigenvalue weighted by atomic mass is 32.2. The lowest BCUT2D eigenvalue weighted by Gasteiger charge is -2.13. The standard InChI is InChI=1S/C16H18N2O4S/c1-10(11-5-7-13(8-6-11)23(2,20)21)17-16(19)14-9-15(22-18-14)12-3-4-12/h5-10,12H,3-4H2,1-2H3,(H,17,19). The van der Waals surface area contributed by atoms with Crippen molar-refractivity contribution < 1.29 is 17.7 Å². The van der Waals surface area contributed by atoms with Crippen LogP contribution < -0.4 is 5.32 Å². The molecule has 6 nitrogen and oxygen atoms in total. The molecule has 0 radical (unpaired) electrons. The van der Waals surface area contributed by atoms with Gasteiger partial charge in [0.15, 0.2) is 15.5 Å². The van der Waals surface area contributed by atoms with Gasteiger partial charge in [-0.05, 0) is 37.5 Å². The van der Waals surface area contributed by atoms with Gasteiger partial charge in [0.1, 0.15) is 5.76 Å². The molecular formula is C16H18N2O4S. The summed E-state index contributed by atoms with van der Waals surface area (Å²) in [5.41, 5.74) is 1.09. The number of aromatic nitrogens is 1. The Kier molecular flexibility index (Phi) is 3.97. The summed E-state index contributed by atoms with van der Waals surface area (Å²) >= 11 is 0. The van der Waals surface area contributed by atoms with Crippen LogP contribution >= 0.6 is 0 Å². The Morgan fingerprint density at radius 1 is 1.30 bits per heavy atom. The van der Waals surface area contributed by atoms with Crippen molar-refractivity contribution in [1.82, 2.24) is 10.5 Å². The third-order valence-electron chi connectivity index (χ3n) is 3.90. The van der Waals surface area contributed by atoms with Crippen molar-refractivity contribution in [2.24, 2.45) is 0 Å². The molecule has 122 valence electrons. The SMILES string of the molecule is CC(NC(=O)c1cc(C2CC2)on1)c1ccc(S(C)(=O)=O)cc1. The van der Waals surface area contributed by atoms with Crippen LogP contribution in [0.2, 0.25) is 0 Å². The van der Waals surface area contributed by atoms with Crippen molar-refractivity contribution >= 4 is 15.7 Å². The van der Waals surface area contributed by atoms with E-state index in [-0.39, 0.29) is 22.5 Å². The summed E-state index contributed by atoms with van der Waals surface area (Å²) in [6.07, 6.45) is 3.33. The number of hydrogen-bond donors (Lipinski definition) is 1. The number of benzene rings is 1. The van der Waals surface area contributed by atoms with Crippen molar-refractivity contribution in [3.8, 4) is 0 Å². The normalized spacial score (nSPS) is 16.1. The highest BCUT2D eigenvalue weighted by Crippen LogP contribution is 2.40. The summed E-state index contributed by atoms with van der Waals surface area (Å²) in [5.74, 6) is 0.866. The van der Waals surface area contributed by atoms with Gasteiger partial charge in [-0.15, -0.1) is 0 Å². The minimum absolute atomic E-state index is 0.255. The van der Waals surface area contributed by atoms with E-state index in [4.69, 9.17) is 4.52 Å². The van der Waals surface area contributed by atoms with Gasteiger partial charge in [-0.2, -0.15) is 0 Å². The number of rotatable bonds is 5. The summed E-state index contributed by atoms with van der Waals surface area (Å²) in [7, 11) is -3.22. The van der Waals surface area contributed by atoms with E-state index in [9.17, 15) is 13.2 Å². The molecule has 23 heavy (non-hydrogen) atoms. The van der Waals surface area contributed by atoms with Gasteiger partial charge in [-0.1, -0.05) is 17.3 Å². The first kappa shape index (κ1) is 15.7. The third kappa shape index (κ3) is 3.61. The first-order chi connectivity index (χ1) is 10.8. The zero-order chi connectivity index (χ0) is 16.6. The first-order valence-corrected chi connectivity index (χ1v) is 9.31. The summed E-state index contributed by atoms with van der Waals surface area (Å²) in [6.45, 7) is 1.83. The average Bonchev–Trinajstić information content (AvgIpc) is 3.23. The Hall–Kier alpha value is -2.15. The van der Waals surface area contributed by atoms with E-state index in [1.165, 1.54) is 12.1 Å².